The predicted octanol–water partition coefficient (Wildman–Crippen LogP) is 5.19. The van der Waals surface area contributed by atoms with Crippen molar-refractivity contribution < 1.29 is 0 Å². The maximum Gasteiger partial charge on any atom is 0.182 e. The molecule has 1 heterocycles. The number of nitrogens with one attached hydrogen (secondary N) is 2. The summed E-state index contributed by atoms with van der Waals surface area (Å²) in [5.74, 6) is 0. The smallest absolute Gasteiger partial charge is 0.182 e. The molecule has 0 aromatic heterocycles. The normalized spacial score (nSPS) is 15.8. The van der Waals surface area contributed by atoms with E-state index < -0.39 is 9.62 Å². The Morgan fingerprint density at radius 2 is 1.05 bits per heavy atom. The van der Waals surface area contributed by atoms with Gasteiger partial charge in [0.05, 0.1) is 9.79 Å². The van der Waals surface area contributed by atoms with Crippen molar-refractivity contribution in [3.05, 3.63) is 78.9 Å². The molecule has 1 aliphatic heterocycles. The van der Waals surface area contributed by atoms with Gasteiger partial charge < -0.3 is 0 Å². The van der Waals surface area contributed by atoms with Crippen LogP contribution in [0.1, 0.15) is 0 Å². The van der Waals surface area contributed by atoms with Crippen molar-refractivity contribution in [2.75, 3.05) is 0 Å². The van der Waals surface area contributed by atoms with Crippen LogP contribution in [-0.4, -0.2) is 0 Å². The molecule has 0 amide bonds. The number of benzene rings is 3. The van der Waals surface area contributed by atoms with E-state index in [1.807, 2.05) is 42.5 Å². The van der Waals surface area contributed by atoms with Gasteiger partial charge in [0, 0.05) is 9.62 Å². The highest BCUT2D eigenvalue weighted by Crippen LogP contribution is 2.44. The monoisotopic (exact) mass is 323 g/mol. The first-order valence-electron chi connectivity index (χ1n) is 6.99. The molecule has 0 bridgehead atoms. The van der Waals surface area contributed by atoms with Crippen molar-refractivity contribution >= 4 is 20.5 Å². The molecule has 4 rings (SSSR count). The minimum atomic E-state index is -2.44. The first kappa shape index (κ1) is 13.6. The molecule has 0 radical (unpaired) electrons. The molecule has 0 atom stereocenters. The third kappa shape index (κ3) is 1.91. The molecule has 0 unspecified atom stereocenters. The molecule has 2 N–H and O–H groups in total. The maximum atomic E-state index is 8.70. The molecular weight excluding hydrogens is 308 g/mol. The summed E-state index contributed by atoms with van der Waals surface area (Å²) in [6, 6.07) is 26.5. The van der Waals surface area contributed by atoms with Gasteiger partial charge in [0.1, 0.15) is 10.9 Å². The van der Waals surface area contributed by atoms with Gasteiger partial charge in [0.15, 0.2) is 14.7 Å². The van der Waals surface area contributed by atoms with Crippen LogP contribution in [0.2, 0.25) is 0 Å². The van der Waals surface area contributed by atoms with Crippen LogP contribution >= 0.6 is 0 Å². The summed E-state index contributed by atoms with van der Waals surface area (Å²) in [6.07, 6.45) is 0. The van der Waals surface area contributed by atoms with Gasteiger partial charge in [-0.15, -0.1) is 0 Å². The van der Waals surface area contributed by atoms with Crippen LogP contribution in [-0.2, 0) is 20.5 Å². The Hall–Kier alpha value is -2.04. The summed E-state index contributed by atoms with van der Waals surface area (Å²) in [6.45, 7) is 0. The fraction of sp³-hybridized carbons (Fsp3) is 0. The lowest BCUT2D eigenvalue weighted by atomic mass is 10.3. The van der Waals surface area contributed by atoms with Crippen molar-refractivity contribution in [1.29, 1.82) is 9.56 Å². The molecule has 0 aliphatic carbocycles. The van der Waals surface area contributed by atoms with Crippen LogP contribution in [0.25, 0.3) is 0 Å². The Morgan fingerprint density at radius 3 is 1.59 bits per heavy atom. The summed E-state index contributed by atoms with van der Waals surface area (Å²) in [7, 11) is -2.66. The van der Waals surface area contributed by atoms with Gasteiger partial charge in [-0.2, -0.15) is 0 Å². The zero-order chi connectivity index (χ0) is 15.2. The number of fused-ring (bicyclic) bond motifs is 2. The molecule has 3 aromatic rings. The van der Waals surface area contributed by atoms with Crippen molar-refractivity contribution in [2.45, 2.75) is 24.5 Å². The Balaban J connectivity index is 2.10. The van der Waals surface area contributed by atoms with Gasteiger partial charge >= 0.3 is 0 Å². The maximum absolute atomic E-state index is 8.70. The summed E-state index contributed by atoms with van der Waals surface area (Å²) < 4.78 is 17.4. The Kier molecular flexibility index (Phi) is 3.10. The average Bonchev–Trinajstić information content (AvgIpc) is 2.56. The van der Waals surface area contributed by atoms with Gasteiger partial charge in [0.2, 0.25) is 0 Å². The minimum absolute atomic E-state index is 0.224. The molecular formula is C18H15N2S2+. The van der Waals surface area contributed by atoms with E-state index in [1.54, 1.807) is 0 Å². The van der Waals surface area contributed by atoms with Gasteiger partial charge in [-0.05, 0) is 36.4 Å². The third-order valence-electron chi connectivity index (χ3n) is 3.78. The molecule has 3 aromatic carbocycles. The second kappa shape index (κ2) is 5.00. The molecule has 1 aliphatic rings. The molecule has 4 heteroatoms. The second-order valence-electron chi connectivity index (χ2n) is 5.13. The van der Waals surface area contributed by atoms with Crippen LogP contribution in [0.15, 0.2) is 103 Å². The zero-order valence-corrected chi connectivity index (χ0v) is 13.5. The Labute approximate surface area is 133 Å². The highest BCUT2D eigenvalue weighted by molar-refractivity contribution is 8.01. The van der Waals surface area contributed by atoms with Crippen molar-refractivity contribution in [2.24, 2.45) is 0 Å². The fourth-order valence-electron chi connectivity index (χ4n) is 2.79. The number of rotatable bonds is 1. The van der Waals surface area contributed by atoms with E-state index in [0.717, 1.165) is 19.6 Å². The van der Waals surface area contributed by atoms with Crippen molar-refractivity contribution in [3.8, 4) is 0 Å². The topological polar surface area (TPSA) is 47.7 Å². The molecule has 0 saturated carbocycles. The molecule has 0 fully saturated rings. The first-order valence-corrected chi connectivity index (χ1v) is 9.85. The number of hydrogen-bond donors (Lipinski definition) is 2. The average molecular weight is 323 g/mol. The third-order valence-corrected chi connectivity index (χ3v) is 8.40. The lowest BCUT2D eigenvalue weighted by Gasteiger charge is -2.23. The van der Waals surface area contributed by atoms with Crippen LogP contribution in [0.4, 0.5) is 0 Å². The van der Waals surface area contributed by atoms with E-state index in [0.29, 0.717) is 0 Å². The predicted molar refractivity (Wildman–Crippen MR) is 90.8 cm³/mol. The van der Waals surface area contributed by atoms with Gasteiger partial charge in [0.25, 0.3) is 0 Å². The van der Waals surface area contributed by atoms with Crippen LogP contribution in [0.3, 0.4) is 0 Å². The lowest BCUT2D eigenvalue weighted by Crippen LogP contribution is -2.18. The highest BCUT2D eigenvalue weighted by atomic mass is 32.2. The van der Waals surface area contributed by atoms with Crippen molar-refractivity contribution in [1.82, 2.24) is 0 Å². The van der Waals surface area contributed by atoms with E-state index in [1.165, 1.54) is 4.90 Å². The Bertz CT molecular complexity index is 894. The summed E-state index contributed by atoms with van der Waals surface area (Å²) in [5, 5.41) is 0. The van der Waals surface area contributed by atoms with E-state index in [9.17, 15) is 0 Å². The lowest BCUT2D eigenvalue weighted by molar-refractivity contribution is 1.09. The van der Waals surface area contributed by atoms with E-state index in [4.69, 9.17) is 9.56 Å². The minimum Gasteiger partial charge on any atom is -0.261 e. The summed E-state index contributed by atoms with van der Waals surface area (Å²) >= 11 is 0. The SMILES string of the molecule is N=S1(=N)c2ccccc2[S+](c2ccccc2)c2ccccc21. The van der Waals surface area contributed by atoms with Crippen LogP contribution in [0.5, 0.6) is 0 Å². The van der Waals surface area contributed by atoms with Gasteiger partial charge in [-0.1, -0.05) is 42.5 Å². The Morgan fingerprint density at radius 1 is 0.591 bits per heavy atom. The standard InChI is InChI=1S/C18H15N2S2/c19-22(20)17-12-6-4-10-15(17)21(14-8-2-1-3-9-14)16-11-5-7-13-18(16)22/h1-13,19-20H/q+1. The second-order valence-corrected chi connectivity index (χ2v) is 9.19. The molecule has 108 valence electrons. The fourth-order valence-corrected chi connectivity index (χ4v) is 7.72. The van der Waals surface area contributed by atoms with Gasteiger partial charge in [-0.3, -0.25) is 9.56 Å². The van der Waals surface area contributed by atoms with E-state index in [2.05, 4.69) is 36.4 Å². The molecule has 2 nitrogen and oxygen atoms in total. The largest absolute Gasteiger partial charge is 0.261 e. The van der Waals surface area contributed by atoms with Crippen LogP contribution < -0.4 is 0 Å². The van der Waals surface area contributed by atoms with Gasteiger partial charge in [-0.25, -0.2) is 0 Å². The highest BCUT2D eigenvalue weighted by Gasteiger charge is 2.41. The number of hydrogen-bond acceptors (Lipinski definition) is 2. The first-order chi connectivity index (χ1) is 10.7. The van der Waals surface area contributed by atoms with Crippen LogP contribution in [0, 0.1) is 9.56 Å². The van der Waals surface area contributed by atoms with E-state index in [-0.39, 0.29) is 10.9 Å². The van der Waals surface area contributed by atoms with Crippen molar-refractivity contribution in [3.63, 3.8) is 0 Å². The molecule has 0 spiro atoms. The molecule has 0 saturated heterocycles. The quantitative estimate of drug-likeness (QED) is 0.453. The zero-order valence-electron chi connectivity index (χ0n) is 11.8. The van der Waals surface area contributed by atoms with E-state index >= 15 is 0 Å². The molecule has 22 heavy (non-hydrogen) atoms. The summed E-state index contributed by atoms with van der Waals surface area (Å²) in [5.41, 5.74) is 0. The summed E-state index contributed by atoms with van der Waals surface area (Å²) in [4.78, 5) is 5.26.